The molecule has 0 bridgehead atoms. The summed E-state index contributed by atoms with van der Waals surface area (Å²) in [6, 6.07) is 7.33. The molecule has 3 aromatic rings. The van der Waals surface area contributed by atoms with E-state index in [9.17, 15) is 14.4 Å². The molecule has 7 nitrogen and oxygen atoms in total. The van der Waals surface area contributed by atoms with E-state index in [2.05, 4.69) is 10.3 Å². The molecule has 0 saturated heterocycles. The Morgan fingerprint density at radius 2 is 1.74 bits per heavy atom. The molecule has 0 saturated carbocycles. The van der Waals surface area contributed by atoms with Crippen molar-refractivity contribution in [3.05, 3.63) is 67.5 Å². The number of pyridine rings is 1. The van der Waals surface area contributed by atoms with Gasteiger partial charge in [0, 0.05) is 18.4 Å². The molecule has 2 heterocycles. The van der Waals surface area contributed by atoms with E-state index in [0.717, 1.165) is 27.0 Å². The van der Waals surface area contributed by atoms with Crippen LogP contribution < -0.4 is 16.6 Å². The largest absolute Gasteiger partial charge is 0.332 e. The minimum Gasteiger partial charge on any atom is -0.325 e. The van der Waals surface area contributed by atoms with Gasteiger partial charge in [-0.05, 0) is 62.6 Å². The number of carbonyl (C=O) groups excluding carboxylic acids is 1. The molecule has 7 heteroatoms. The first-order chi connectivity index (χ1) is 12.7. The molecule has 0 spiro atoms. The number of benzene rings is 1. The van der Waals surface area contributed by atoms with Crippen molar-refractivity contribution in [2.45, 2.75) is 34.2 Å². The molecule has 0 aliphatic heterocycles. The second-order valence-corrected chi connectivity index (χ2v) is 6.86. The van der Waals surface area contributed by atoms with Gasteiger partial charge < -0.3 is 5.32 Å². The zero-order valence-corrected chi connectivity index (χ0v) is 16.1. The van der Waals surface area contributed by atoms with Crippen LogP contribution in [0.5, 0.6) is 0 Å². The van der Waals surface area contributed by atoms with Crippen molar-refractivity contribution in [2.75, 3.05) is 5.32 Å². The normalized spacial score (nSPS) is 11.0. The van der Waals surface area contributed by atoms with Gasteiger partial charge in [0.1, 0.15) is 12.2 Å². The molecular weight excluding hydrogens is 344 g/mol. The summed E-state index contributed by atoms with van der Waals surface area (Å²) < 4.78 is 2.25. The Balaban J connectivity index is 2.02. The molecule has 2 aromatic heterocycles. The highest BCUT2D eigenvalue weighted by Crippen LogP contribution is 2.14. The quantitative estimate of drug-likeness (QED) is 0.768. The topological polar surface area (TPSA) is 86.0 Å². The summed E-state index contributed by atoms with van der Waals surface area (Å²) in [4.78, 5) is 42.2. The van der Waals surface area contributed by atoms with E-state index >= 15 is 0 Å². The molecule has 0 unspecified atom stereocenters. The molecule has 0 aliphatic carbocycles. The molecule has 1 aromatic carbocycles. The number of nitrogens with zero attached hydrogens (tertiary/aromatic N) is 3. The van der Waals surface area contributed by atoms with Crippen LogP contribution >= 0.6 is 0 Å². The van der Waals surface area contributed by atoms with Crippen molar-refractivity contribution in [3.63, 3.8) is 0 Å². The highest BCUT2D eigenvalue weighted by molar-refractivity contribution is 5.91. The summed E-state index contributed by atoms with van der Waals surface area (Å²) in [5.41, 5.74) is 3.49. The SMILES string of the molecule is Cc1cc(C)c2c(=O)n(CC(=O)Nc3ccc(C)c(C)c3)c(=O)n(C)c2n1. The Kier molecular flexibility index (Phi) is 4.70. The van der Waals surface area contributed by atoms with Crippen LogP contribution in [0.25, 0.3) is 11.0 Å². The number of aromatic nitrogens is 3. The maximum atomic E-state index is 12.8. The summed E-state index contributed by atoms with van der Waals surface area (Å²) in [5.74, 6) is -0.436. The number of amides is 1. The molecule has 0 atom stereocenters. The lowest BCUT2D eigenvalue weighted by atomic mass is 10.1. The van der Waals surface area contributed by atoms with Gasteiger partial charge in [-0.3, -0.25) is 18.7 Å². The lowest BCUT2D eigenvalue weighted by Crippen LogP contribution is -2.42. The Bertz CT molecular complexity index is 1190. The first-order valence-electron chi connectivity index (χ1n) is 8.64. The summed E-state index contributed by atoms with van der Waals surface area (Å²) >= 11 is 0. The Morgan fingerprint density at radius 1 is 1.04 bits per heavy atom. The third-order valence-corrected chi connectivity index (χ3v) is 4.71. The predicted octanol–water partition coefficient (Wildman–Crippen LogP) is 1.97. The molecule has 0 fully saturated rings. The van der Waals surface area contributed by atoms with Gasteiger partial charge in [-0.25, -0.2) is 9.78 Å². The minimum atomic E-state index is -0.569. The lowest BCUT2D eigenvalue weighted by Gasteiger charge is -2.12. The van der Waals surface area contributed by atoms with E-state index in [-0.39, 0.29) is 6.54 Å². The molecule has 3 rings (SSSR count). The second kappa shape index (κ2) is 6.83. The van der Waals surface area contributed by atoms with Crippen molar-refractivity contribution in [1.82, 2.24) is 14.1 Å². The summed E-state index contributed by atoms with van der Waals surface area (Å²) in [6.45, 7) is 7.17. The zero-order valence-electron chi connectivity index (χ0n) is 16.1. The average molecular weight is 366 g/mol. The average Bonchev–Trinajstić information content (AvgIpc) is 2.59. The monoisotopic (exact) mass is 366 g/mol. The van der Waals surface area contributed by atoms with Gasteiger partial charge in [0.2, 0.25) is 5.91 Å². The summed E-state index contributed by atoms with van der Waals surface area (Å²) in [5, 5.41) is 3.09. The molecule has 0 radical (unpaired) electrons. The zero-order chi connectivity index (χ0) is 19.9. The van der Waals surface area contributed by atoms with Crippen LogP contribution in [0.1, 0.15) is 22.4 Å². The third kappa shape index (κ3) is 3.40. The van der Waals surface area contributed by atoms with Gasteiger partial charge >= 0.3 is 5.69 Å². The third-order valence-electron chi connectivity index (χ3n) is 4.71. The predicted molar refractivity (Wildman–Crippen MR) is 105 cm³/mol. The minimum absolute atomic E-state index is 0.327. The first kappa shape index (κ1) is 18.6. The van der Waals surface area contributed by atoms with E-state index in [1.54, 1.807) is 33.0 Å². The van der Waals surface area contributed by atoms with Crippen molar-refractivity contribution >= 4 is 22.6 Å². The highest BCUT2D eigenvalue weighted by atomic mass is 16.2. The van der Waals surface area contributed by atoms with E-state index < -0.39 is 17.2 Å². The fourth-order valence-electron chi connectivity index (χ4n) is 3.12. The fraction of sp³-hybridized carbons (Fsp3) is 0.300. The molecule has 1 N–H and O–H groups in total. The van der Waals surface area contributed by atoms with Gasteiger partial charge in [-0.15, -0.1) is 0 Å². The van der Waals surface area contributed by atoms with Gasteiger partial charge in [-0.2, -0.15) is 0 Å². The summed E-state index contributed by atoms with van der Waals surface area (Å²) in [6.07, 6.45) is 0. The standard InChI is InChI=1S/C20H22N4O3/c1-11-6-7-15(9-12(11)2)22-16(25)10-24-19(26)17-13(3)8-14(4)21-18(17)23(5)20(24)27/h6-9H,10H2,1-5H3,(H,22,25). The van der Waals surface area contributed by atoms with E-state index in [4.69, 9.17) is 0 Å². The maximum Gasteiger partial charge on any atom is 0.332 e. The Hall–Kier alpha value is -3.22. The van der Waals surface area contributed by atoms with Crippen LogP contribution in [0.4, 0.5) is 5.69 Å². The van der Waals surface area contributed by atoms with Gasteiger partial charge in [0.05, 0.1) is 5.39 Å². The molecule has 27 heavy (non-hydrogen) atoms. The maximum absolute atomic E-state index is 12.8. The number of hydrogen-bond acceptors (Lipinski definition) is 4. The fourth-order valence-corrected chi connectivity index (χ4v) is 3.12. The van der Waals surface area contributed by atoms with Crippen molar-refractivity contribution in [1.29, 1.82) is 0 Å². The van der Waals surface area contributed by atoms with E-state index in [1.165, 1.54) is 4.57 Å². The molecule has 140 valence electrons. The van der Waals surface area contributed by atoms with Crippen LogP contribution in [0.3, 0.4) is 0 Å². The van der Waals surface area contributed by atoms with Gasteiger partial charge in [0.25, 0.3) is 5.56 Å². The van der Waals surface area contributed by atoms with Gasteiger partial charge in [-0.1, -0.05) is 6.07 Å². The Morgan fingerprint density at radius 3 is 2.41 bits per heavy atom. The van der Waals surface area contributed by atoms with Crippen LogP contribution in [-0.4, -0.2) is 20.0 Å². The van der Waals surface area contributed by atoms with Crippen molar-refractivity contribution in [3.8, 4) is 0 Å². The number of fused-ring (bicyclic) bond motifs is 1. The highest BCUT2D eigenvalue weighted by Gasteiger charge is 2.17. The van der Waals surface area contributed by atoms with Crippen molar-refractivity contribution in [2.24, 2.45) is 7.05 Å². The smallest absolute Gasteiger partial charge is 0.325 e. The van der Waals surface area contributed by atoms with Crippen LogP contribution in [0, 0.1) is 27.7 Å². The number of carbonyl (C=O) groups is 1. The molecule has 0 aliphatic rings. The van der Waals surface area contributed by atoms with Crippen LogP contribution in [0.15, 0.2) is 33.9 Å². The van der Waals surface area contributed by atoms with E-state index in [0.29, 0.717) is 16.7 Å². The lowest BCUT2D eigenvalue weighted by molar-refractivity contribution is -0.116. The number of nitrogens with one attached hydrogen (secondary N) is 1. The Labute approximate surface area is 156 Å². The number of anilines is 1. The van der Waals surface area contributed by atoms with Crippen LogP contribution in [-0.2, 0) is 18.4 Å². The molecule has 1 amide bonds. The summed E-state index contributed by atoms with van der Waals surface area (Å²) in [7, 11) is 1.55. The van der Waals surface area contributed by atoms with Crippen LogP contribution in [0.2, 0.25) is 0 Å². The van der Waals surface area contributed by atoms with E-state index in [1.807, 2.05) is 26.0 Å². The van der Waals surface area contributed by atoms with Crippen molar-refractivity contribution < 1.29 is 4.79 Å². The number of hydrogen-bond donors (Lipinski definition) is 1. The number of rotatable bonds is 3. The molecular formula is C20H22N4O3. The first-order valence-corrected chi connectivity index (χ1v) is 8.64. The van der Waals surface area contributed by atoms with Gasteiger partial charge in [0.15, 0.2) is 0 Å². The second-order valence-electron chi connectivity index (χ2n) is 6.86. The number of aryl methyl sites for hydroxylation is 5.